The highest BCUT2D eigenvalue weighted by Crippen LogP contribution is 2.47. The molecule has 0 aromatic heterocycles. The molecule has 1 fully saturated rings. The second kappa shape index (κ2) is 4.10. The number of ether oxygens (including phenoxy) is 1. The summed E-state index contributed by atoms with van der Waals surface area (Å²) in [4.78, 5) is 26.5. The minimum Gasteiger partial charge on any atom is -0.359 e. The molecule has 18 heavy (non-hydrogen) atoms. The number of hydrogen-bond donors (Lipinski definition) is 0. The summed E-state index contributed by atoms with van der Waals surface area (Å²) in [5, 5.41) is -0.217. The minimum atomic E-state index is -1.29. The topological polar surface area (TPSA) is 46.6 Å². The number of ketones is 1. The molecule has 1 saturated heterocycles. The standard InChI is InChI=1S/C13H19NO3S/c1-8-6-14-10(16)13(17-5,11(14)18-7-8)9(15)12(2,3)4/h6,11H,7H2,1-5H3/t11-,13-/m0/s1. The first kappa shape index (κ1) is 13.6. The van der Waals surface area contributed by atoms with Crippen molar-refractivity contribution in [3.63, 3.8) is 0 Å². The van der Waals surface area contributed by atoms with E-state index in [1.807, 2.05) is 33.9 Å². The zero-order valence-electron chi connectivity index (χ0n) is 11.4. The Balaban J connectivity index is 2.37. The Hall–Kier alpha value is -0.810. The Morgan fingerprint density at radius 1 is 1.56 bits per heavy atom. The predicted octanol–water partition coefficient (Wildman–Crippen LogP) is 1.81. The summed E-state index contributed by atoms with van der Waals surface area (Å²) in [6, 6.07) is 0. The Labute approximate surface area is 112 Å². The average Bonchev–Trinajstić information content (AvgIpc) is 2.29. The highest BCUT2D eigenvalue weighted by Gasteiger charge is 2.68. The number of Topliss-reactive ketones (excluding diaryl/α,β-unsaturated/α-hetero) is 1. The Morgan fingerprint density at radius 3 is 2.67 bits per heavy atom. The summed E-state index contributed by atoms with van der Waals surface area (Å²) in [5.41, 5.74) is -0.744. The molecular formula is C13H19NO3S. The number of thioether (sulfide) groups is 1. The SMILES string of the molecule is CO[C@@]1(C(=O)C(C)(C)C)C(=O)N2C=C(C)CS[C@H]21. The highest BCUT2D eigenvalue weighted by atomic mass is 32.2. The molecule has 0 aromatic carbocycles. The molecular weight excluding hydrogens is 250 g/mol. The summed E-state index contributed by atoms with van der Waals surface area (Å²) in [6.07, 6.45) is 1.83. The van der Waals surface area contributed by atoms with Gasteiger partial charge < -0.3 is 4.74 Å². The minimum absolute atomic E-state index is 0.135. The van der Waals surface area contributed by atoms with Gasteiger partial charge in [0.15, 0.2) is 5.78 Å². The maximum absolute atomic E-state index is 12.5. The van der Waals surface area contributed by atoms with E-state index in [0.717, 1.165) is 11.3 Å². The molecule has 0 saturated carbocycles. The maximum atomic E-state index is 12.5. The fourth-order valence-electron chi connectivity index (χ4n) is 2.39. The molecule has 0 radical (unpaired) electrons. The smallest absolute Gasteiger partial charge is 0.270 e. The fourth-order valence-corrected chi connectivity index (χ4v) is 3.74. The monoisotopic (exact) mass is 269 g/mol. The van der Waals surface area contributed by atoms with Gasteiger partial charge in [0.05, 0.1) is 0 Å². The molecule has 100 valence electrons. The van der Waals surface area contributed by atoms with Crippen LogP contribution in [0.5, 0.6) is 0 Å². The first-order chi connectivity index (χ1) is 8.25. The molecule has 4 nitrogen and oxygen atoms in total. The van der Waals surface area contributed by atoms with Gasteiger partial charge in [-0.15, -0.1) is 11.8 Å². The van der Waals surface area contributed by atoms with Crippen molar-refractivity contribution in [2.75, 3.05) is 12.9 Å². The molecule has 1 amide bonds. The number of rotatable bonds is 2. The normalized spacial score (nSPS) is 31.6. The molecule has 2 heterocycles. The van der Waals surface area contributed by atoms with E-state index in [1.165, 1.54) is 7.11 Å². The van der Waals surface area contributed by atoms with E-state index < -0.39 is 11.0 Å². The van der Waals surface area contributed by atoms with Crippen LogP contribution in [0.1, 0.15) is 27.7 Å². The van der Waals surface area contributed by atoms with Crippen LogP contribution in [0.2, 0.25) is 0 Å². The Bertz CT molecular complexity index is 438. The van der Waals surface area contributed by atoms with Crippen molar-refractivity contribution in [2.45, 2.75) is 38.7 Å². The number of amides is 1. The van der Waals surface area contributed by atoms with Crippen LogP contribution >= 0.6 is 11.8 Å². The van der Waals surface area contributed by atoms with Gasteiger partial charge in [0, 0.05) is 24.5 Å². The second-order valence-corrected chi connectivity index (χ2v) is 6.94. The van der Waals surface area contributed by atoms with Crippen LogP contribution in [0.3, 0.4) is 0 Å². The van der Waals surface area contributed by atoms with Crippen LogP contribution in [0.25, 0.3) is 0 Å². The van der Waals surface area contributed by atoms with Crippen molar-refractivity contribution in [3.05, 3.63) is 11.8 Å². The van der Waals surface area contributed by atoms with Crippen molar-refractivity contribution < 1.29 is 14.3 Å². The van der Waals surface area contributed by atoms with Gasteiger partial charge in [0.1, 0.15) is 5.37 Å². The molecule has 0 aromatic rings. The summed E-state index contributed by atoms with van der Waals surface area (Å²) in [5.74, 6) is 0.461. The van der Waals surface area contributed by atoms with E-state index in [2.05, 4.69) is 0 Å². The summed E-state index contributed by atoms with van der Waals surface area (Å²) in [7, 11) is 1.45. The second-order valence-electron chi connectivity index (χ2n) is 5.87. The third-order valence-corrected chi connectivity index (χ3v) is 4.82. The number of hydrogen-bond acceptors (Lipinski definition) is 4. The zero-order valence-corrected chi connectivity index (χ0v) is 12.3. The largest absolute Gasteiger partial charge is 0.359 e. The lowest BCUT2D eigenvalue weighted by Crippen LogP contribution is -2.77. The van der Waals surface area contributed by atoms with Gasteiger partial charge in [-0.25, -0.2) is 0 Å². The van der Waals surface area contributed by atoms with E-state index in [-0.39, 0.29) is 17.1 Å². The van der Waals surface area contributed by atoms with Gasteiger partial charge in [-0.1, -0.05) is 20.8 Å². The van der Waals surface area contributed by atoms with Gasteiger partial charge in [-0.3, -0.25) is 14.5 Å². The Morgan fingerprint density at radius 2 is 2.17 bits per heavy atom. The van der Waals surface area contributed by atoms with Crippen LogP contribution < -0.4 is 0 Å². The van der Waals surface area contributed by atoms with Gasteiger partial charge in [0.2, 0.25) is 5.60 Å². The summed E-state index contributed by atoms with van der Waals surface area (Å²) >= 11 is 1.59. The van der Waals surface area contributed by atoms with Gasteiger partial charge in [0.25, 0.3) is 5.91 Å². The number of nitrogens with zero attached hydrogens (tertiary/aromatic N) is 1. The molecule has 0 N–H and O–H groups in total. The van der Waals surface area contributed by atoms with Crippen molar-refractivity contribution in [1.82, 2.24) is 4.90 Å². The van der Waals surface area contributed by atoms with E-state index in [4.69, 9.17) is 4.74 Å². The third kappa shape index (κ3) is 1.64. The van der Waals surface area contributed by atoms with E-state index in [1.54, 1.807) is 16.7 Å². The number of fused-ring (bicyclic) bond motifs is 1. The molecule has 2 atom stereocenters. The number of β-lactam (4-membered cyclic amide) rings is 1. The number of methoxy groups -OCH3 is 1. The quantitative estimate of drug-likeness (QED) is 0.566. The lowest BCUT2D eigenvalue weighted by molar-refractivity contribution is -0.188. The molecule has 0 spiro atoms. The molecule has 2 rings (SSSR count). The molecule has 0 aliphatic carbocycles. The lowest BCUT2D eigenvalue weighted by Gasteiger charge is -2.55. The fraction of sp³-hybridized carbons (Fsp3) is 0.692. The van der Waals surface area contributed by atoms with Crippen LogP contribution in [-0.2, 0) is 14.3 Å². The average molecular weight is 269 g/mol. The Kier molecular flexibility index (Phi) is 3.10. The summed E-state index contributed by atoms with van der Waals surface area (Å²) < 4.78 is 5.39. The number of carbonyl (C=O) groups excluding carboxylic acids is 2. The molecule has 2 aliphatic rings. The van der Waals surface area contributed by atoms with Gasteiger partial charge in [-0.05, 0) is 12.5 Å². The van der Waals surface area contributed by atoms with Crippen LogP contribution in [0.15, 0.2) is 11.8 Å². The first-order valence-corrected chi connectivity index (χ1v) is 7.01. The molecule has 0 unspecified atom stereocenters. The lowest BCUT2D eigenvalue weighted by atomic mass is 9.75. The van der Waals surface area contributed by atoms with Crippen molar-refractivity contribution in [1.29, 1.82) is 0 Å². The molecule has 2 aliphatic heterocycles. The van der Waals surface area contributed by atoms with E-state index in [9.17, 15) is 9.59 Å². The maximum Gasteiger partial charge on any atom is 0.270 e. The number of carbonyl (C=O) groups is 2. The molecule has 5 heteroatoms. The van der Waals surface area contributed by atoms with E-state index >= 15 is 0 Å². The highest BCUT2D eigenvalue weighted by molar-refractivity contribution is 8.00. The zero-order chi connectivity index (χ0) is 13.7. The van der Waals surface area contributed by atoms with Gasteiger partial charge in [-0.2, -0.15) is 0 Å². The van der Waals surface area contributed by atoms with Crippen LogP contribution in [0.4, 0.5) is 0 Å². The van der Waals surface area contributed by atoms with Crippen LogP contribution in [-0.4, -0.2) is 40.4 Å². The predicted molar refractivity (Wildman–Crippen MR) is 71.1 cm³/mol. The first-order valence-electron chi connectivity index (χ1n) is 5.97. The summed E-state index contributed by atoms with van der Waals surface area (Å²) in [6.45, 7) is 7.44. The van der Waals surface area contributed by atoms with Crippen LogP contribution in [0, 0.1) is 5.41 Å². The van der Waals surface area contributed by atoms with Gasteiger partial charge >= 0.3 is 0 Å². The van der Waals surface area contributed by atoms with E-state index in [0.29, 0.717) is 0 Å². The van der Waals surface area contributed by atoms with Crippen molar-refractivity contribution in [3.8, 4) is 0 Å². The van der Waals surface area contributed by atoms with Crippen molar-refractivity contribution in [2.24, 2.45) is 5.41 Å². The third-order valence-electron chi connectivity index (χ3n) is 3.32. The van der Waals surface area contributed by atoms with Crippen molar-refractivity contribution >= 4 is 23.5 Å². The molecule has 0 bridgehead atoms.